The Morgan fingerprint density at radius 2 is 1.95 bits per heavy atom. The van der Waals surface area contributed by atoms with E-state index in [0.717, 1.165) is 3.57 Å². The van der Waals surface area contributed by atoms with Crippen molar-refractivity contribution in [2.24, 2.45) is 0 Å². The van der Waals surface area contributed by atoms with Gasteiger partial charge in [0.1, 0.15) is 5.82 Å². The van der Waals surface area contributed by atoms with Gasteiger partial charge in [-0.25, -0.2) is 8.78 Å². The monoisotopic (exact) mass is 400 g/mol. The number of benzene rings is 2. The molecule has 1 N–H and O–H groups in total. The van der Waals surface area contributed by atoms with Crippen molar-refractivity contribution >= 4 is 44.9 Å². The van der Waals surface area contributed by atoms with Crippen molar-refractivity contribution in [3.63, 3.8) is 0 Å². The van der Waals surface area contributed by atoms with E-state index in [4.69, 9.17) is 4.52 Å². The van der Waals surface area contributed by atoms with Crippen LogP contribution in [0.25, 0.3) is 11.0 Å². The van der Waals surface area contributed by atoms with E-state index < -0.39 is 11.6 Å². The zero-order chi connectivity index (χ0) is 15.1. The van der Waals surface area contributed by atoms with Crippen LogP contribution in [0.15, 0.2) is 28.8 Å². The fourth-order valence-electron chi connectivity index (χ4n) is 2.16. The van der Waals surface area contributed by atoms with E-state index in [1.165, 1.54) is 6.07 Å². The highest BCUT2D eigenvalue weighted by molar-refractivity contribution is 14.1. The third kappa shape index (κ3) is 2.48. The number of aromatic nitrogens is 1. The molecule has 3 nitrogen and oxygen atoms in total. The Balaban J connectivity index is 2.12. The molecule has 3 aromatic rings. The van der Waals surface area contributed by atoms with Crippen molar-refractivity contribution in [3.8, 4) is 0 Å². The van der Waals surface area contributed by atoms with Crippen LogP contribution in [0.3, 0.4) is 0 Å². The molecule has 0 aliphatic carbocycles. The molecule has 0 amide bonds. The second kappa shape index (κ2) is 5.25. The van der Waals surface area contributed by atoms with Crippen molar-refractivity contribution in [1.29, 1.82) is 0 Å². The molecule has 21 heavy (non-hydrogen) atoms. The van der Waals surface area contributed by atoms with Crippen LogP contribution in [0.2, 0.25) is 0 Å². The molecule has 0 radical (unpaired) electrons. The Hall–Kier alpha value is -1.70. The fourth-order valence-corrected chi connectivity index (χ4v) is 2.61. The van der Waals surface area contributed by atoms with Crippen LogP contribution in [0, 0.1) is 29.1 Å². The van der Waals surface area contributed by atoms with Crippen molar-refractivity contribution in [1.82, 2.24) is 5.16 Å². The van der Waals surface area contributed by atoms with Gasteiger partial charge in [-0.1, -0.05) is 5.16 Å². The molecular formula is C15H11F2IN2O. The summed E-state index contributed by atoms with van der Waals surface area (Å²) in [4.78, 5) is 0. The lowest BCUT2D eigenvalue weighted by molar-refractivity contribution is 0.436. The number of nitrogens with zero attached hydrogens (tertiary/aromatic N) is 1. The normalized spacial score (nSPS) is 11.1. The average Bonchev–Trinajstić information content (AvgIpc) is 2.78. The van der Waals surface area contributed by atoms with Gasteiger partial charge >= 0.3 is 0 Å². The minimum atomic E-state index is -0.566. The molecule has 0 saturated carbocycles. The second-order valence-corrected chi connectivity index (χ2v) is 6.02. The predicted molar refractivity (Wildman–Crippen MR) is 85.8 cm³/mol. The SMILES string of the molecule is Cc1cc2c(C)noc2c(F)c1Nc1ccc(I)cc1F. The number of hydrogen-bond acceptors (Lipinski definition) is 3. The highest BCUT2D eigenvalue weighted by Crippen LogP contribution is 2.33. The van der Waals surface area contributed by atoms with Gasteiger partial charge in [-0.3, -0.25) is 0 Å². The molecule has 0 aliphatic rings. The number of rotatable bonds is 2. The summed E-state index contributed by atoms with van der Waals surface area (Å²) in [7, 11) is 0. The molecule has 0 saturated heterocycles. The van der Waals surface area contributed by atoms with Crippen LogP contribution in [0.1, 0.15) is 11.3 Å². The first-order valence-electron chi connectivity index (χ1n) is 6.24. The van der Waals surface area contributed by atoms with Gasteiger partial charge in [-0.05, 0) is 66.3 Å². The lowest BCUT2D eigenvalue weighted by Gasteiger charge is -2.12. The molecule has 2 aromatic carbocycles. The molecule has 0 fully saturated rings. The van der Waals surface area contributed by atoms with Crippen LogP contribution in [0.4, 0.5) is 20.2 Å². The van der Waals surface area contributed by atoms with Gasteiger partial charge < -0.3 is 9.84 Å². The molecule has 6 heteroatoms. The summed E-state index contributed by atoms with van der Waals surface area (Å²) in [5.74, 6) is -1.00. The van der Waals surface area contributed by atoms with E-state index in [2.05, 4.69) is 10.5 Å². The number of anilines is 2. The number of fused-ring (bicyclic) bond motifs is 1. The first kappa shape index (κ1) is 14.2. The van der Waals surface area contributed by atoms with Gasteiger partial charge in [0.05, 0.1) is 17.1 Å². The van der Waals surface area contributed by atoms with Gasteiger partial charge in [0.25, 0.3) is 0 Å². The molecule has 0 spiro atoms. The van der Waals surface area contributed by atoms with E-state index in [1.807, 2.05) is 22.6 Å². The maximum Gasteiger partial charge on any atom is 0.204 e. The van der Waals surface area contributed by atoms with Crippen LogP contribution in [0.5, 0.6) is 0 Å². The lowest BCUT2D eigenvalue weighted by Crippen LogP contribution is -1.99. The van der Waals surface area contributed by atoms with E-state index in [1.54, 1.807) is 32.0 Å². The summed E-state index contributed by atoms with van der Waals surface area (Å²) in [6.07, 6.45) is 0. The Morgan fingerprint density at radius 3 is 2.67 bits per heavy atom. The minimum absolute atomic E-state index is 0.0755. The summed E-state index contributed by atoms with van der Waals surface area (Å²) in [5, 5.41) is 7.18. The lowest BCUT2D eigenvalue weighted by atomic mass is 10.1. The number of hydrogen-bond donors (Lipinski definition) is 1. The number of nitrogens with one attached hydrogen (secondary N) is 1. The second-order valence-electron chi connectivity index (χ2n) is 4.78. The van der Waals surface area contributed by atoms with Crippen molar-refractivity contribution in [2.45, 2.75) is 13.8 Å². The third-order valence-corrected chi connectivity index (χ3v) is 3.94. The molecule has 0 bridgehead atoms. The smallest absolute Gasteiger partial charge is 0.204 e. The third-order valence-electron chi connectivity index (χ3n) is 3.27. The van der Waals surface area contributed by atoms with Gasteiger partial charge in [-0.2, -0.15) is 0 Å². The van der Waals surface area contributed by atoms with Crippen LogP contribution in [-0.2, 0) is 0 Å². The maximum atomic E-state index is 14.5. The average molecular weight is 400 g/mol. The largest absolute Gasteiger partial charge is 0.353 e. The standard InChI is InChI=1S/C15H11F2IN2O/c1-7-5-10-8(2)20-21-15(10)13(17)14(7)19-12-4-3-9(18)6-11(12)16/h3-6,19H,1-2H3. The summed E-state index contributed by atoms with van der Waals surface area (Å²) >= 11 is 2.02. The van der Waals surface area contributed by atoms with E-state index in [-0.39, 0.29) is 17.0 Å². The number of halogens is 3. The van der Waals surface area contributed by atoms with Gasteiger partial charge in [0.2, 0.25) is 5.58 Å². The molecule has 0 aliphatic heterocycles. The quantitative estimate of drug-likeness (QED) is 0.611. The van der Waals surface area contributed by atoms with E-state index >= 15 is 0 Å². The molecule has 3 rings (SSSR count). The highest BCUT2D eigenvalue weighted by Gasteiger charge is 2.17. The Bertz CT molecular complexity index is 845. The van der Waals surface area contributed by atoms with Crippen LogP contribution >= 0.6 is 22.6 Å². The Kier molecular flexibility index (Phi) is 3.56. The van der Waals surface area contributed by atoms with Gasteiger partial charge in [-0.15, -0.1) is 0 Å². The molecule has 0 unspecified atom stereocenters. The van der Waals surface area contributed by atoms with Crippen molar-refractivity contribution in [3.05, 3.63) is 50.7 Å². The van der Waals surface area contributed by atoms with E-state index in [9.17, 15) is 8.78 Å². The van der Waals surface area contributed by atoms with E-state index in [0.29, 0.717) is 16.6 Å². The topological polar surface area (TPSA) is 38.1 Å². The first-order chi connectivity index (χ1) is 9.97. The van der Waals surface area contributed by atoms with Gasteiger partial charge in [0.15, 0.2) is 5.82 Å². The summed E-state index contributed by atoms with van der Waals surface area (Å²) < 4.78 is 34.2. The summed E-state index contributed by atoms with van der Waals surface area (Å²) in [6, 6.07) is 6.48. The molecule has 1 aromatic heterocycles. The molecule has 0 atom stereocenters. The molecular weight excluding hydrogens is 389 g/mol. The first-order valence-corrected chi connectivity index (χ1v) is 7.32. The molecule has 1 heterocycles. The fraction of sp³-hybridized carbons (Fsp3) is 0.133. The van der Waals surface area contributed by atoms with Crippen molar-refractivity contribution < 1.29 is 13.3 Å². The maximum absolute atomic E-state index is 14.5. The Labute approximate surface area is 133 Å². The zero-order valence-electron chi connectivity index (χ0n) is 11.3. The zero-order valence-corrected chi connectivity index (χ0v) is 13.5. The Morgan fingerprint density at radius 1 is 1.19 bits per heavy atom. The highest BCUT2D eigenvalue weighted by atomic mass is 127. The minimum Gasteiger partial charge on any atom is -0.353 e. The molecule has 108 valence electrons. The summed E-state index contributed by atoms with van der Waals surface area (Å²) in [6.45, 7) is 3.50. The predicted octanol–water partition coefficient (Wildman–Crippen LogP) is 5.07. The number of aryl methyl sites for hydroxylation is 2. The van der Waals surface area contributed by atoms with Crippen LogP contribution < -0.4 is 5.32 Å². The van der Waals surface area contributed by atoms with Crippen LogP contribution in [-0.4, -0.2) is 5.16 Å². The summed E-state index contributed by atoms with van der Waals surface area (Å²) in [5.41, 5.74) is 1.77. The van der Waals surface area contributed by atoms with Gasteiger partial charge in [0, 0.05) is 8.96 Å². The van der Waals surface area contributed by atoms with Crippen molar-refractivity contribution in [2.75, 3.05) is 5.32 Å².